The van der Waals surface area contributed by atoms with E-state index in [0.717, 1.165) is 31.2 Å². The summed E-state index contributed by atoms with van der Waals surface area (Å²) in [4.78, 5) is 12.4. The number of carbonyl (C=O) groups excluding carboxylic acids is 1. The monoisotopic (exact) mass is 394 g/mol. The first-order valence-electron chi connectivity index (χ1n) is 8.64. The van der Waals surface area contributed by atoms with E-state index in [2.05, 4.69) is 5.32 Å². The van der Waals surface area contributed by atoms with E-state index in [1.54, 1.807) is 12.1 Å². The number of nitrogens with two attached hydrogens (primary N) is 1. The SMILES string of the molecule is Cl.NC1CCC(NC(=O)c2cccc(OCc3ccc(Cl)cc3)c2)CC1. The standard InChI is InChI=1S/C20H23ClN2O2.ClH/c21-16-6-4-14(5-7-16)13-25-19-3-1-2-15(12-19)20(24)23-18-10-8-17(22)9-11-18;/h1-7,12,17-18H,8-11,13,22H2,(H,23,24);1H. The zero-order valence-corrected chi connectivity index (χ0v) is 16.1. The van der Waals surface area contributed by atoms with Gasteiger partial charge < -0.3 is 15.8 Å². The zero-order chi connectivity index (χ0) is 17.6. The summed E-state index contributed by atoms with van der Waals surface area (Å²) >= 11 is 5.88. The lowest BCUT2D eigenvalue weighted by atomic mass is 9.91. The van der Waals surface area contributed by atoms with Gasteiger partial charge in [-0.2, -0.15) is 0 Å². The van der Waals surface area contributed by atoms with E-state index >= 15 is 0 Å². The molecule has 0 unspecified atom stereocenters. The Morgan fingerprint density at radius 1 is 1.12 bits per heavy atom. The molecule has 6 heteroatoms. The highest BCUT2D eigenvalue weighted by Crippen LogP contribution is 2.19. The second-order valence-electron chi connectivity index (χ2n) is 6.53. The Hall–Kier alpha value is -1.75. The molecule has 2 aromatic rings. The topological polar surface area (TPSA) is 64.3 Å². The molecule has 0 heterocycles. The molecule has 0 radical (unpaired) electrons. The van der Waals surface area contributed by atoms with E-state index in [0.29, 0.717) is 22.9 Å². The van der Waals surface area contributed by atoms with Gasteiger partial charge in [0.05, 0.1) is 0 Å². The van der Waals surface area contributed by atoms with Crippen LogP contribution in [0.25, 0.3) is 0 Å². The maximum atomic E-state index is 12.4. The average molecular weight is 395 g/mol. The molecule has 1 saturated carbocycles. The number of amides is 1. The molecule has 3 rings (SSSR count). The van der Waals surface area contributed by atoms with Gasteiger partial charge in [0.2, 0.25) is 0 Å². The highest BCUT2D eigenvalue weighted by molar-refractivity contribution is 6.30. The molecule has 26 heavy (non-hydrogen) atoms. The van der Waals surface area contributed by atoms with Gasteiger partial charge >= 0.3 is 0 Å². The average Bonchev–Trinajstić information content (AvgIpc) is 2.63. The van der Waals surface area contributed by atoms with Crippen LogP contribution in [0.3, 0.4) is 0 Å². The van der Waals surface area contributed by atoms with Gasteiger partial charge in [-0.3, -0.25) is 4.79 Å². The van der Waals surface area contributed by atoms with Gasteiger partial charge in [-0.1, -0.05) is 29.8 Å². The van der Waals surface area contributed by atoms with Crippen molar-refractivity contribution in [2.75, 3.05) is 0 Å². The summed E-state index contributed by atoms with van der Waals surface area (Å²) < 4.78 is 5.79. The Balaban J connectivity index is 0.00000243. The molecule has 1 amide bonds. The van der Waals surface area contributed by atoms with E-state index in [9.17, 15) is 4.79 Å². The predicted octanol–water partition coefficient (Wildman–Crippen LogP) is 4.34. The summed E-state index contributed by atoms with van der Waals surface area (Å²) in [6.45, 7) is 0.433. The minimum absolute atomic E-state index is 0. The van der Waals surface area contributed by atoms with Crippen LogP contribution in [0.4, 0.5) is 0 Å². The highest BCUT2D eigenvalue weighted by atomic mass is 35.5. The van der Waals surface area contributed by atoms with Crippen LogP contribution in [0.1, 0.15) is 41.6 Å². The summed E-state index contributed by atoms with van der Waals surface area (Å²) in [6, 6.07) is 15.3. The molecule has 2 aromatic carbocycles. The molecule has 1 aliphatic rings. The van der Waals surface area contributed by atoms with Crippen LogP contribution >= 0.6 is 24.0 Å². The summed E-state index contributed by atoms with van der Waals surface area (Å²) in [5.41, 5.74) is 7.55. The fourth-order valence-corrected chi connectivity index (χ4v) is 3.13. The smallest absolute Gasteiger partial charge is 0.251 e. The molecule has 140 valence electrons. The van der Waals surface area contributed by atoms with Crippen LogP contribution in [0.5, 0.6) is 5.75 Å². The fourth-order valence-electron chi connectivity index (χ4n) is 3.01. The molecule has 1 fully saturated rings. The van der Waals surface area contributed by atoms with Crippen molar-refractivity contribution in [2.45, 2.75) is 44.4 Å². The van der Waals surface area contributed by atoms with Crippen LogP contribution in [0, 0.1) is 0 Å². The Morgan fingerprint density at radius 2 is 1.81 bits per heavy atom. The van der Waals surface area contributed by atoms with E-state index < -0.39 is 0 Å². The molecule has 0 aromatic heterocycles. The van der Waals surface area contributed by atoms with Crippen molar-refractivity contribution in [3.63, 3.8) is 0 Å². The Bertz CT molecular complexity index is 714. The highest BCUT2D eigenvalue weighted by Gasteiger charge is 2.20. The largest absolute Gasteiger partial charge is 0.489 e. The number of benzene rings is 2. The Labute approximate surface area is 165 Å². The van der Waals surface area contributed by atoms with Crippen molar-refractivity contribution in [3.05, 3.63) is 64.7 Å². The summed E-state index contributed by atoms with van der Waals surface area (Å²) in [6.07, 6.45) is 3.82. The molecule has 3 N–H and O–H groups in total. The first kappa shape index (κ1) is 20.6. The van der Waals surface area contributed by atoms with Gasteiger partial charge in [0.1, 0.15) is 12.4 Å². The summed E-state index contributed by atoms with van der Waals surface area (Å²) in [5.74, 6) is 0.616. The number of rotatable bonds is 5. The number of nitrogens with one attached hydrogen (secondary N) is 1. The van der Waals surface area contributed by atoms with Gasteiger partial charge in [-0.05, 0) is 61.6 Å². The van der Waals surface area contributed by atoms with E-state index in [1.165, 1.54) is 0 Å². The van der Waals surface area contributed by atoms with E-state index in [1.807, 2.05) is 36.4 Å². The number of hydrogen-bond donors (Lipinski definition) is 2. The molecule has 4 nitrogen and oxygen atoms in total. The summed E-state index contributed by atoms with van der Waals surface area (Å²) in [7, 11) is 0. The lowest BCUT2D eigenvalue weighted by molar-refractivity contribution is 0.0925. The first-order chi connectivity index (χ1) is 12.1. The minimum atomic E-state index is -0.0579. The van der Waals surface area contributed by atoms with Crippen molar-refractivity contribution in [1.29, 1.82) is 0 Å². The van der Waals surface area contributed by atoms with Gasteiger partial charge in [0.15, 0.2) is 0 Å². The molecule has 0 bridgehead atoms. The third-order valence-corrected chi connectivity index (χ3v) is 4.77. The third kappa shape index (κ3) is 5.90. The molecule has 0 saturated heterocycles. The molecule has 0 spiro atoms. The van der Waals surface area contributed by atoms with Crippen LogP contribution in [-0.2, 0) is 6.61 Å². The number of hydrogen-bond acceptors (Lipinski definition) is 3. The van der Waals surface area contributed by atoms with Crippen LogP contribution in [0.2, 0.25) is 5.02 Å². The van der Waals surface area contributed by atoms with Crippen molar-refractivity contribution in [2.24, 2.45) is 5.73 Å². The van der Waals surface area contributed by atoms with Crippen molar-refractivity contribution in [3.8, 4) is 5.75 Å². The van der Waals surface area contributed by atoms with Gasteiger partial charge in [0, 0.05) is 22.7 Å². The Morgan fingerprint density at radius 3 is 2.50 bits per heavy atom. The summed E-state index contributed by atoms with van der Waals surface area (Å²) in [5, 5.41) is 3.80. The molecular formula is C20H24Cl2N2O2. The van der Waals surface area contributed by atoms with Crippen molar-refractivity contribution in [1.82, 2.24) is 5.32 Å². The normalized spacial score (nSPS) is 19.3. The quantitative estimate of drug-likeness (QED) is 0.792. The lowest BCUT2D eigenvalue weighted by Crippen LogP contribution is -2.40. The van der Waals surface area contributed by atoms with Gasteiger partial charge in [0.25, 0.3) is 5.91 Å². The lowest BCUT2D eigenvalue weighted by Gasteiger charge is -2.26. The molecule has 0 atom stereocenters. The van der Waals surface area contributed by atoms with Crippen LogP contribution in [-0.4, -0.2) is 18.0 Å². The first-order valence-corrected chi connectivity index (χ1v) is 9.02. The maximum Gasteiger partial charge on any atom is 0.251 e. The van der Waals surface area contributed by atoms with Crippen LogP contribution in [0.15, 0.2) is 48.5 Å². The maximum absolute atomic E-state index is 12.4. The van der Waals surface area contributed by atoms with Gasteiger partial charge in [-0.15, -0.1) is 12.4 Å². The van der Waals surface area contributed by atoms with Crippen molar-refractivity contribution < 1.29 is 9.53 Å². The van der Waals surface area contributed by atoms with E-state index in [4.69, 9.17) is 22.1 Å². The molecule has 1 aliphatic carbocycles. The second-order valence-corrected chi connectivity index (χ2v) is 6.96. The number of carbonyl (C=O) groups is 1. The van der Waals surface area contributed by atoms with Crippen LogP contribution < -0.4 is 15.8 Å². The second kappa shape index (κ2) is 9.81. The third-order valence-electron chi connectivity index (χ3n) is 4.52. The van der Waals surface area contributed by atoms with E-state index in [-0.39, 0.29) is 30.4 Å². The van der Waals surface area contributed by atoms with Gasteiger partial charge in [-0.25, -0.2) is 0 Å². The molecular weight excluding hydrogens is 371 g/mol. The Kier molecular flexibility index (Phi) is 7.76. The predicted molar refractivity (Wildman–Crippen MR) is 107 cm³/mol. The number of halogens is 2. The fraction of sp³-hybridized carbons (Fsp3) is 0.350. The zero-order valence-electron chi connectivity index (χ0n) is 14.5. The minimum Gasteiger partial charge on any atom is -0.489 e. The van der Waals surface area contributed by atoms with Crippen molar-refractivity contribution >= 4 is 29.9 Å². The molecule has 0 aliphatic heterocycles. The number of ether oxygens (including phenoxy) is 1.